The van der Waals surface area contributed by atoms with Crippen molar-refractivity contribution in [3.8, 4) is 5.75 Å². The van der Waals surface area contributed by atoms with Gasteiger partial charge in [-0.3, -0.25) is 0 Å². The van der Waals surface area contributed by atoms with Gasteiger partial charge in [0.1, 0.15) is 5.75 Å². The number of thiol groups is 1. The highest BCUT2D eigenvalue weighted by atomic mass is 32.1. The maximum atomic E-state index is 12.2. The molecular formula is C16H21BF2O3S. The third kappa shape index (κ3) is 4.28. The second-order valence-electron chi connectivity index (χ2n) is 6.41. The third-order valence-corrected chi connectivity index (χ3v) is 4.56. The van der Waals surface area contributed by atoms with E-state index in [1.54, 1.807) is 12.1 Å². The summed E-state index contributed by atoms with van der Waals surface area (Å²) in [6.45, 7) is 5.12. The summed E-state index contributed by atoms with van der Waals surface area (Å²) in [5, 5.41) is 0. The van der Waals surface area contributed by atoms with Gasteiger partial charge in [-0.2, -0.15) is 21.4 Å². The SMILES string of the molecule is CC1(C)OB(C(=Cc2ccc(OC(F)F)cc2)CS)OC1(C)C. The zero-order valence-electron chi connectivity index (χ0n) is 13.7. The third-order valence-electron chi connectivity index (χ3n) is 4.20. The molecule has 1 aromatic rings. The minimum atomic E-state index is -2.82. The Bertz CT molecular complexity index is 557. The number of hydrogen-bond acceptors (Lipinski definition) is 4. The zero-order valence-corrected chi connectivity index (χ0v) is 14.6. The first-order chi connectivity index (χ1) is 10.6. The van der Waals surface area contributed by atoms with Gasteiger partial charge >= 0.3 is 13.7 Å². The average Bonchev–Trinajstić information content (AvgIpc) is 2.66. The van der Waals surface area contributed by atoms with E-state index < -0.39 is 24.9 Å². The van der Waals surface area contributed by atoms with Crippen molar-refractivity contribution in [3.05, 3.63) is 35.3 Å². The standard InChI is InChI=1S/C16H21BF2O3S/c1-15(2)16(3,4)22-17(21-15)12(10-23)9-11-5-7-13(8-6-11)20-14(18)19/h5-9,14,23H,10H2,1-4H3. The molecule has 0 aromatic heterocycles. The van der Waals surface area contributed by atoms with E-state index in [-0.39, 0.29) is 5.75 Å². The molecule has 0 aliphatic carbocycles. The highest BCUT2D eigenvalue weighted by Gasteiger charge is 2.52. The van der Waals surface area contributed by atoms with Gasteiger partial charge in [-0.25, -0.2) is 0 Å². The lowest BCUT2D eigenvalue weighted by Crippen LogP contribution is -2.41. The molecule has 1 aliphatic heterocycles. The summed E-state index contributed by atoms with van der Waals surface area (Å²) in [6.07, 6.45) is 1.89. The minimum absolute atomic E-state index is 0.125. The van der Waals surface area contributed by atoms with Crippen LogP contribution >= 0.6 is 12.6 Å². The van der Waals surface area contributed by atoms with E-state index in [0.29, 0.717) is 5.75 Å². The summed E-state index contributed by atoms with van der Waals surface area (Å²) < 4.78 is 40.7. The molecule has 0 unspecified atom stereocenters. The van der Waals surface area contributed by atoms with E-state index >= 15 is 0 Å². The summed E-state index contributed by atoms with van der Waals surface area (Å²) in [6, 6.07) is 6.40. The van der Waals surface area contributed by atoms with Crippen LogP contribution in [0.2, 0.25) is 0 Å². The second kappa shape index (κ2) is 6.83. The Balaban J connectivity index is 2.16. The van der Waals surface area contributed by atoms with Crippen molar-refractivity contribution < 1.29 is 22.8 Å². The number of ether oxygens (including phenoxy) is 1. The molecule has 0 amide bonds. The largest absolute Gasteiger partial charge is 0.491 e. The Labute approximate surface area is 141 Å². The molecule has 23 heavy (non-hydrogen) atoms. The fourth-order valence-corrected chi connectivity index (χ4v) is 2.38. The lowest BCUT2D eigenvalue weighted by atomic mass is 9.78. The van der Waals surface area contributed by atoms with Crippen molar-refractivity contribution in [1.82, 2.24) is 0 Å². The molecule has 1 heterocycles. The molecular weight excluding hydrogens is 321 g/mol. The predicted octanol–water partition coefficient (Wildman–Crippen LogP) is 4.23. The molecule has 0 radical (unpaired) electrons. The van der Waals surface area contributed by atoms with Gasteiger partial charge < -0.3 is 14.0 Å². The quantitative estimate of drug-likeness (QED) is 0.641. The maximum Gasteiger partial charge on any atom is 0.491 e. The summed E-state index contributed by atoms with van der Waals surface area (Å²) in [7, 11) is -0.477. The van der Waals surface area contributed by atoms with E-state index in [1.807, 2.05) is 33.8 Å². The van der Waals surface area contributed by atoms with Gasteiger partial charge in [0, 0.05) is 5.75 Å². The van der Waals surface area contributed by atoms with Crippen LogP contribution < -0.4 is 4.74 Å². The molecule has 1 aromatic carbocycles. The lowest BCUT2D eigenvalue weighted by Gasteiger charge is -2.32. The van der Waals surface area contributed by atoms with Gasteiger partial charge in [0.05, 0.1) is 11.2 Å². The average molecular weight is 342 g/mol. The van der Waals surface area contributed by atoms with Crippen LogP contribution in [0.1, 0.15) is 33.3 Å². The van der Waals surface area contributed by atoms with Gasteiger partial charge in [-0.15, -0.1) is 0 Å². The molecule has 0 bridgehead atoms. The molecule has 3 nitrogen and oxygen atoms in total. The van der Waals surface area contributed by atoms with Crippen molar-refractivity contribution in [1.29, 1.82) is 0 Å². The van der Waals surface area contributed by atoms with Gasteiger partial charge in [-0.1, -0.05) is 18.2 Å². The van der Waals surface area contributed by atoms with Crippen LogP contribution in [0.5, 0.6) is 5.75 Å². The number of halogens is 2. The highest BCUT2D eigenvalue weighted by Crippen LogP contribution is 2.39. The van der Waals surface area contributed by atoms with Crippen LogP contribution in [-0.4, -0.2) is 30.7 Å². The van der Waals surface area contributed by atoms with Crippen molar-refractivity contribution in [2.45, 2.75) is 45.5 Å². The van der Waals surface area contributed by atoms with Crippen LogP contribution in [0.3, 0.4) is 0 Å². The van der Waals surface area contributed by atoms with Crippen LogP contribution in [0.4, 0.5) is 8.78 Å². The van der Waals surface area contributed by atoms with Crippen LogP contribution in [0.25, 0.3) is 6.08 Å². The van der Waals surface area contributed by atoms with Crippen molar-refractivity contribution >= 4 is 25.8 Å². The van der Waals surface area contributed by atoms with Crippen LogP contribution in [-0.2, 0) is 9.31 Å². The number of rotatable bonds is 5. The van der Waals surface area contributed by atoms with Crippen LogP contribution in [0, 0.1) is 0 Å². The monoisotopic (exact) mass is 342 g/mol. The summed E-state index contributed by atoms with van der Waals surface area (Å²) in [4.78, 5) is 0. The Morgan fingerprint density at radius 1 is 1.17 bits per heavy atom. The van der Waals surface area contributed by atoms with E-state index in [2.05, 4.69) is 17.4 Å². The summed E-state index contributed by atoms with van der Waals surface area (Å²) >= 11 is 4.35. The second-order valence-corrected chi connectivity index (χ2v) is 6.73. The molecule has 0 saturated carbocycles. The normalized spacial score (nSPS) is 20.2. The van der Waals surface area contributed by atoms with E-state index in [9.17, 15) is 8.78 Å². The number of hydrogen-bond donors (Lipinski definition) is 1. The molecule has 0 spiro atoms. The Hall–Kier alpha value is -1.05. The van der Waals surface area contributed by atoms with Gasteiger partial charge in [-0.05, 0) is 50.9 Å². The number of alkyl halides is 2. The highest BCUT2D eigenvalue weighted by molar-refractivity contribution is 7.80. The van der Waals surface area contributed by atoms with Crippen LogP contribution in [0.15, 0.2) is 29.7 Å². The van der Waals surface area contributed by atoms with Gasteiger partial charge in [0.15, 0.2) is 0 Å². The Morgan fingerprint density at radius 2 is 1.70 bits per heavy atom. The van der Waals surface area contributed by atoms with Crippen molar-refractivity contribution in [2.75, 3.05) is 5.75 Å². The molecule has 1 saturated heterocycles. The summed E-state index contributed by atoms with van der Waals surface area (Å²) in [5.41, 5.74) is 0.864. The van der Waals surface area contributed by atoms with Gasteiger partial charge in [0.25, 0.3) is 0 Å². The van der Waals surface area contributed by atoms with Crippen molar-refractivity contribution in [2.24, 2.45) is 0 Å². The van der Waals surface area contributed by atoms with Gasteiger partial charge in [0.2, 0.25) is 0 Å². The van der Waals surface area contributed by atoms with Crippen molar-refractivity contribution in [3.63, 3.8) is 0 Å². The predicted molar refractivity (Wildman–Crippen MR) is 91.0 cm³/mol. The first-order valence-electron chi connectivity index (χ1n) is 7.36. The first-order valence-corrected chi connectivity index (χ1v) is 8.00. The van der Waals surface area contributed by atoms with E-state index in [0.717, 1.165) is 11.0 Å². The Kier molecular flexibility index (Phi) is 5.43. The molecule has 0 atom stereocenters. The van der Waals surface area contributed by atoms with E-state index in [4.69, 9.17) is 9.31 Å². The molecule has 1 fully saturated rings. The van der Waals surface area contributed by atoms with E-state index in [1.165, 1.54) is 12.1 Å². The topological polar surface area (TPSA) is 27.7 Å². The first kappa shape index (κ1) is 18.3. The molecule has 7 heteroatoms. The molecule has 1 aliphatic rings. The minimum Gasteiger partial charge on any atom is -0.435 e. The maximum absolute atomic E-state index is 12.2. The lowest BCUT2D eigenvalue weighted by molar-refractivity contribution is -0.0498. The molecule has 0 N–H and O–H groups in total. The smallest absolute Gasteiger partial charge is 0.435 e. The zero-order chi connectivity index (χ0) is 17.3. The Morgan fingerprint density at radius 3 is 2.13 bits per heavy atom. The number of benzene rings is 1. The fourth-order valence-electron chi connectivity index (χ4n) is 2.14. The fraction of sp³-hybridized carbons (Fsp3) is 0.500. The molecule has 2 rings (SSSR count). The summed E-state index contributed by atoms with van der Waals surface area (Å²) in [5.74, 6) is 0.590. The molecule has 126 valence electrons.